The fourth-order valence-electron chi connectivity index (χ4n) is 4.11. The van der Waals surface area contributed by atoms with Gasteiger partial charge in [-0.3, -0.25) is 0 Å². The van der Waals surface area contributed by atoms with Crippen LogP contribution < -0.4 is 4.74 Å². The molecule has 36 heavy (non-hydrogen) atoms. The number of rotatable bonds is 7. The Balaban J connectivity index is 1.46. The summed E-state index contributed by atoms with van der Waals surface area (Å²) in [6.07, 6.45) is 3.52. The summed E-state index contributed by atoms with van der Waals surface area (Å²) in [5, 5.41) is 0.155. The van der Waals surface area contributed by atoms with E-state index in [-0.39, 0.29) is 40.0 Å². The molecule has 3 aromatic carbocycles. The summed E-state index contributed by atoms with van der Waals surface area (Å²) in [5.41, 5.74) is 1.43. The van der Waals surface area contributed by atoms with Crippen LogP contribution in [0.1, 0.15) is 29.7 Å². The summed E-state index contributed by atoms with van der Waals surface area (Å²) in [6.45, 7) is 1.75. The van der Waals surface area contributed by atoms with Gasteiger partial charge in [0, 0.05) is 41.9 Å². The van der Waals surface area contributed by atoms with Crippen LogP contribution >= 0.6 is 0 Å². The Hall–Kier alpha value is -4.40. The number of nitrogens with one attached hydrogen (secondary N) is 2. The molecule has 0 fully saturated rings. The highest BCUT2D eigenvalue weighted by molar-refractivity contribution is 5.82. The third kappa shape index (κ3) is 4.13. The molecule has 1 unspecified atom stereocenters. The quantitative estimate of drug-likeness (QED) is 0.194. The zero-order valence-corrected chi connectivity index (χ0v) is 18.9. The number of imidazole rings is 1. The Morgan fingerprint density at radius 1 is 1.03 bits per heavy atom. The number of H-pyrrole nitrogens is 2. The lowest BCUT2D eigenvalue weighted by atomic mass is 9.95. The number of aldehydes is 1. The van der Waals surface area contributed by atoms with E-state index in [1.54, 1.807) is 25.1 Å². The fourth-order valence-corrected chi connectivity index (χ4v) is 4.11. The molecular formula is C27H19F4N3O2. The number of carbonyl (C=O) groups excluding carboxylic acids is 1. The second kappa shape index (κ2) is 9.33. The van der Waals surface area contributed by atoms with Crippen LogP contribution in [0, 0.1) is 23.3 Å². The number of nitrogens with zero attached hydrogens (tertiary/aromatic N) is 1. The Morgan fingerprint density at radius 2 is 1.86 bits per heavy atom. The number of aromatic nitrogens is 3. The predicted molar refractivity (Wildman–Crippen MR) is 126 cm³/mol. The van der Waals surface area contributed by atoms with Crippen molar-refractivity contribution in [1.29, 1.82) is 0 Å². The normalized spacial score (nSPS) is 12.1. The molecule has 0 spiro atoms. The van der Waals surface area contributed by atoms with Gasteiger partial charge in [-0.2, -0.15) is 0 Å². The average molecular weight is 493 g/mol. The molecule has 0 aliphatic rings. The lowest BCUT2D eigenvalue weighted by molar-refractivity contribution is -0.107. The zero-order valence-electron chi connectivity index (χ0n) is 18.9. The first kappa shape index (κ1) is 23.3. The number of hydrogen-bond donors (Lipinski definition) is 2. The van der Waals surface area contributed by atoms with Crippen molar-refractivity contribution in [1.82, 2.24) is 15.0 Å². The maximum atomic E-state index is 14.9. The molecule has 2 N–H and O–H groups in total. The van der Waals surface area contributed by atoms with Crippen LogP contribution in [0.3, 0.4) is 0 Å². The van der Waals surface area contributed by atoms with E-state index in [0.717, 1.165) is 12.1 Å². The van der Waals surface area contributed by atoms with Gasteiger partial charge < -0.3 is 19.5 Å². The molecular weight excluding hydrogens is 474 g/mol. The summed E-state index contributed by atoms with van der Waals surface area (Å²) in [6, 6.07) is 11.0. The predicted octanol–water partition coefficient (Wildman–Crippen LogP) is 6.80. The van der Waals surface area contributed by atoms with Gasteiger partial charge in [0.2, 0.25) is 0 Å². The van der Waals surface area contributed by atoms with Gasteiger partial charge in [0.15, 0.2) is 17.4 Å². The van der Waals surface area contributed by atoms with E-state index in [1.165, 1.54) is 30.6 Å². The van der Waals surface area contributed by atoms with Crippen LogP contribution in [0.25, 0.3) is 22.3 Å². The molecule has 0 aliphatic carbocycles. The topological polar surface area (TPSA) is 70.8 Å². The molecule has 9 heteroatoms. The van der Waals surface area contributed by atoms with Crippen LogP contribution in [0.2, 0.25) is 0 Å². The first-order valence-electron chi connectivity index (χ1n) is 11.1. The molecule has 0 saturated carbocycles. The maximum Gasteiger partial charge on any atom is 0.199 e. The highest BCUT2D eigenvalue weighted by atomic mass is 19.1. The van der Waals surface area contributed by atoms with Gasteiger partial charge in [-0.25, -0.2) is 22.5 Å². The highest BCUT2D eigenvalue weighted by Crippen LogP contribution is 2.35. The molecule has 2 heterocycles. The van der Waals surface area contributed by atoms with Crippen molar-refractivity contribution in [2.45, 2.75) is 19.3 Å². The minimum atomic E-state index is -0.915. The van der Waals surface area contributed by atoms with E-state index in [4.69, 9.17) is 4.74 Å². The first-order chi connectivity index (χ1) is 17.4. The van der Waals surface area contributed by atoms with E-state index in [2.05, 4.69) is 15.0 Å². The Bertz CT molecular complexity index is 1590. The number of halogens is 4. The fraction of sp³-hybridized carbons (Fsp3) is 0.111. The lowest BCUT2D eigenvalue weighted by Crippen LogP contribution is -2.03. The second-order valence-corrected chi connectivity index (χ2v) is 8.28. The van der Waals surface area contributed by atoms with Crippen molar-refractivity contribution >= 4 is 17.2 Å². The molecule has 5 rings (SSSR count). The summed E-state index contributed by atoms with van der Waals surface area (Å²) < 4.78 is 64.3. The van der Waals surface area contributed by atoms with Gasteiger partial charge in [-0.1, -0.05) is 25.1 Å². The molecule has 0 aliphatic heterocycles. The van der Waals surface area contributed by atoms with Gasteiger partial charge in [0.1, 0.15) is 29.5 Å². The van der Waals surface area contributed by atoms with E-state index in [1.807, 2.05) is 0 Å². The van der Waals surface area contributed by atoms with Crippen molar-refractivity contribution in [3.05, 3.63) is 101 Å². The highest BCUT2D eigenvalue weighted by Gasteiger charge is 2.21. The van der Waals surface area contributed by atoms with Gasteiger partial charge >= 0.3 is 0 Å². The summed E-state index contributed by atoms with van der Waals surface area (Å²) in [4.78, 5) is 20.8. The van der Waals surface area contributed by atoms with Crippen LogP contribution in [-0.2, 0) is 11.2 Å². The van der Waals surface area contributed by atoms with E-state index < -0.39 is 34.9 Å². The van der Waals surface area contributed by atoms with Gasteiger partial charge in [-0.05, 0) is 35.4 Å². The number of fused-ring (bicyclic) bond motifs is 1. The Morgan fingerprint density at radius 3 is 2.67 bits per heavy atom. The third-order valence-electron chi connectivity index (χ3n) is 6.06. The minimum Gasteiger partial charge on any atom is -0.451 e. The summed E-state index contributed by atoms with van der Waals surface area (Å²) >= 11 is 0. The van der Waals surface area contributed by atoms with Crippen molar-refractivity contribution in [3.8, 4) is 22.9 Å². The first-order valence-corrected chi connectivity index (χ1v) is 11.1. The van der Waals surface area contributed by atoms with E-state index in [0.29, 0.717) is 17.5 Å². The van der Waals surface area contributed by atoms with Crippen molar-refractivity contribution < 1.29 is 27.1 Å². The molecule has 182 valence electrons. The van der Waals surface area contributed by atoms with Crippen LogP contribution in [0.15, 0.2) is 60.9 Å². The van der Waals surface area contributed by atoms with E-state index in [9.17, 15) is 22.4 Å². The van der Waals surface area contributed by atoms with Crippen molar-refractivity contribution in [3.63, 3.8) is 0 Å². The van der Waals surface area contributed by atoms with Crippen LogP contribution in [0.4, 0.5) is 17.6 Å². The van der Waals surface area contributed by atoms with Crippen molar-refractivity contribution in [2.75, 3.05) is 0 Å². The zero-order chi connectivity index (χ0) is 25.4. The number of aromatic amines is 2. The Labute approximate surface area is 202 Å². The van der Waals surface area contributed by atoms with Crippen LogP contribution in [0.5, 0.6) is 11.5 Å². The smallest absolute Gasteiger partial charge is 0.199 e. The second-order valence-electron chi connectivity index (χ2n) is 8.28. The molecule has 0 radical (unpaired) electrons. The molecule has 5 nitrogen and oxygen atoms in total. The SMILES string of the molecule is CC(c1cnc(-c2cc(Oc3c(F)cc4[nH]ccc4c3F)ccc2F)[nH]1)c1cccc(CC=O)c1F. The van der Waals surface area contributed by atoms with E-state index >= 15 is 0 Å². The lowest BCUT2D eigenvalue weighted by Gasteiger charge is -2.13. The summed E-state index contributed by atoms with van der Waals surface area (Å²) in [5.74, 6) is -3.89. The monoisotopic (exact) mass is 493 g/mol. The number of ether oxygens (including phenoxy) is 1. The number of carbonyl (C=O) groups is 1. The molecule has 1 atom stereocenters. The van der Waals surface area contributed by atoms with Crippen LogP contribution in [-0.4, -0.2) is 21.2 Å². The third-order valence-corrected chi connectivity index (χ3v) is 6.06. The molecule has 0 bridgehead atoms. The van der Waals surface area contributed by atoms with Gasteiger partial charge in [0.05, 0.1) is 11.1 Å². The molecule has 0 amide bonds. The Kier molecular flexibility index (Phi) is 6.05. The number of hydrogen-bond acceptors (Lipinski definition) is 3. The van der Waals surface area contributed by atoms with Gasteiger partial charge in [-0.15, -0.1) is 0 Å². The molecule has 0 saturated heterocycles. The van der Waals surface area contributed by atoms with Crippen molar-refractivity contribution in [2.24, 2.45) is 0 Å². The largest absolute Gasteiger partial charge is 0.451 e. The van der Waals surface area contributed by atoms with Gasteiger partial charge in [0.25, 0.3) is 0 Å². The molecule has 5 aromatic rings. The maximum absolute atomic E-state index is 14.9. The minimum absolute atomic E-state index is 0.00214. The summed E-state index contributed by atoms with van der Waals surface area (Å²) in [7, 11) is 0. The number of benzene rings is 3. The average Bonchev–Trinajstić information content (AvgIpc) is 3.54. The standard InChI is InChI=1S/C27H19F4N3O2/c1-14(17-4-2-3-15(8-10-35)24(17)30)23-13-33-27(34-23)19-11-16(5-6-20(19)28)36-26-21(29)12-22-18(25(26)31)7-9-32-22/h2-7,9-14,32H,8H2,1H3,(H,33,34). The molecule has 2 aromatic heterocycles.